The Morgan fingerprint density at radius 1 is 0.955 bits per heavy atom. The summed E-state index contributed by atoms with van der Waals surface area (Å²) in [6, 6.07) is 11.8. The van der Waals surface area contributed by atoms with Crippen LogP contribution in [0.4, 0.5) is 4.79 Å². The van der Waals surface area contributed by atoms with E-state index in [1.54, 1.807) is 17.3 Å². The quantitative estimate of drug-likeness (QED) is 0.269. The van der Waals surface area contributed by atoms with E-state index >= 15 is 0 Å². The Morgan fingerprint density at radius 3 is 2.50 bits per heavy atom. The molecule has 0 spiro atoms. The summed E-state index contributed by atoms with van der Waals surface area (Å²) in [5.74, 6) is 1.46. The fraction of sp³-hybridized carbons (Fsp3) is 0.429. The Bertz CT molecular complexity index is 1690. The van der Waals surface area contributed by atoms with Gasteiger partial charge < -0.3 is 24.3 Å². The summed E-state index contributed by atoms with van der Waals surface area (Å²) in [7, 11) is 0. The lowest BCUT2D eigenvalue weighted by atomic mass is 9.82. The number of nitrogens with zero attached hydrogens (tertiary/aromatic N) is 4. The number of hydrogen-bond donors (Lipinski definition) is 1. The highest BCUT2D eigenvalue weighted by atomic mass is 16.6. The van der Waals surface area contributed by atoms with Gasteiger partial charge in [0.25, 0.3) is 0 Å². The van der Waals surface area contributed by atoms with Crippen molar-refractivity contribution in [3.8, 4) is 22.6 Å². The van der Waals surface area contributed by atoms with Gasteiger partial charge in [-0.1, -0.05) is 19.9 Å². The van der Waals surface area contributed by atoms with Gasteiger partial charge in [0.2, 0.25) is 5.91 Å². The fourth-order valence-corrected chi connectivity index (χ4v) is 5.92. The SMILES string of the molecule is CC1(C)CCN(C(=O)Cc2cc(-c3c[nH]c4nccc(Oc5ccc6c(c5)CN(C(=O)OC(C)(C)C)CC6)c34)ccn2)CC1. The number of nitrogens with one attached hydrogen (secondary N) is 1. The number of aromatic amines is 1. The standard InChI is InChI=1S/C35H41N5O4/c1-34(2,3)44-33(42)40-15-10-23-6-7-27(19-25(23)22-40)43-29-9-14-37-32-31(29)28(21-38-32)24-8-13-36-26(18-24)20-30(41)39-16-11-35(4,5)12-17-39/h6-9,13-14,18-19,21H,10-12,15-17,20,22H2,1-5H3,(H,37,38). The molecular weight excluding hydrogens is 554 g/mol. The van der Waals surface area contributed by atoms with Crippen LogP contribution in [0.25, 0.3) is 22.2 Å². The van der Waals surface area contributed by atoms with E-state index in [0.717, 1.165) is 60.1 Å². The summed E-state index contributed by atoms with van der Waals surface area (Å²) in [6.07, 6.45) is 8.16. The monoisotopic (exact) mass is 595 g/mol. The number of benzene rings is 1. The second kappa shape index (κ2) is 11.6. The normalized spacial score (nSPS) is 16.5. The summed E-state index contributed by atoms with van der Waals surface area (Å²) in [6.45, 7) is 12.8. The number of likely N-dealkylation sites (tertiary alicyclic amines) is 1. The third-order valence-electron chi connectivity index (χ3n) is 8.53. The highest BCUT2D eigenvalue weighted by Crippen LogP contribution is 2.38. The molecule has 2 aliphatic heterocycles. The van der Waals surface area contributed by atoms with Crippen molar-refractivity contribution in [1.29, 1.82) is 0 Å². The molecule has 1 N–H and O–H groups in total. The number of rotatable bonds is 5. The number of carbonyl (C=O) groups is 2. The first-order valence-corrected chi connectivity index (χ1v) is 15.4. The molecule has 5 heterocycles. The van der Waals surface area contributed by atoms with Crippen molar-refractivity contribution in [2.75, 3.05) is 19.6 Å². The molecule has 4 aromatic rings. The number of amides is 2. The number of H-pyrrole nitrogens is 1. The average molecular weight is 596 g/mol. The predicted octanol–water partition coefficient (Wildman–Crippen LogP) is 6.90. The molecule has 9 heteroatoms. The van der Waals surface area contributed by atoms with Crippen LogP contribution in [0.5, 0.6) is 11.5 Å². The number of pyridine rings is 2. The van der Waals surface area contributed by atoms with Crippen molar-refractivity contribution < 1.29 is 19.1 Å². The molecule has 0 bridgehead atoms. The Balaban J connectivity index is 1.22. The number of fused-ring (bicyclic) bond motifs is 2. The van der Waals surface area contributed by atoms with E-state index in [1.165, 1.54) is 5.56 Å². The molecule has 9 nitrogen and oxygen atoms in total. The zero-order chi connectivity index (χ0) is 31.1. The van der Waals surface area contributed by atoms with E-state index in [2.05, 4.69) is 34.9 Å². The van der Waals surface area contributed by atoms with Crippen LogP contribution in [0.2, 0.25) is 0 Å². The van der Waals surface area contributed by atoms with E-state index < -0.39 is 5.60 Å². The molecule has 3 aromatic heterocycles. The third-order valence-corrected chi connectivity index (χ3v) is 8.53. The second-order valence-corrected chi connectivity index (χ2v) is 13.7. The zero-order valence-electron chi connectivity index (χ0n) is 26.3. The van der Waals surface area contributed by atoms with Gasteiger partial charge in [-0.05, 0) is 92.5 Å². The van der Waals surface area contributed by atoms with E-state index in [-0.39, 0.29) is 23.8 Å². The topological polar surface area (TPSA) is 101 Å². The van der Waals surface area contributed by atoms with Gasteiger partial charge in [0.1, 0.15) is 22.7 Å². The number of carbonyl (C=O) groups excluding carboxylic acids is 2. The van der Waals surface area contributed by atoms with Gasteiger partial charge in [0.15, 0.2) is 0 Å². The summed E-state index contributed by atoms with van der Waals surface area (Å²) in [4.78, 5) is 41.8. The van der Waals surface area contributed by atoms with Crippen molar-refractivity contribution in [1.82, 2.24) is 24.8 Å². The minimum atomic E-state index is -0.542. The first-order valence-electron chi connectivity index (χ1n) is 15.4. The molecule has 230 valence electrons. The van der Waals surface area contributed by atoms with Crippen molar-refractivity contribution in [2.45, 2.75) is 72.4 Å². The highest BCUT2D eigenvalue weighted by molar-refractivity contribution is 5.98. The van der Waals surface area contributed by atoms with Crippen LogP contribution in [0.15, 0.2) is 55.0 Å². The van der Waals surface area contributed by atoms with Crippen LogP contribution in [0.3, 0.4) is 0 Å². The average Bonchev–Trinajstić information content (AvgIpc) is 3.41. The minimum absolute atomic E-state index is 0.118. The first-order chi connectivity index (χ1) is 20.9. The summed E-state index contributed by atoms with van der Waals surface area (Å²) in [5, 5.41) is 0.849. The van der Waals surface area contributed by atoms with Gasteiger partial charge in [-0.15, -0.1) is 0 Å². The first kappa shape index (κ1) is 29.7. The molecular formula is C35H41N5O4. The van der Waals surface area contributed by atoms with Crippen LogP contribution in [0, 0.1) is 5.41 Å². The maximum absolute atomic E-state index is 13.1. The second-order valence-electron chi connectivity index (χ2n) is 13.7. The van der Waals surface area contributed by atoms with Gasteiger partial charge in [-0.3, -0.25) is 9.78 Å². The molecule has 0 radical (unpaired) electrons. The maximum Gasteiger partial charge on any atom is 0.410 e. The van der Waals surface area contributed by atoms with Gasteiger partial charge in [0.05, 0.1) is 17.5 Å². The molecule has 0 unspecified atom stereocenters. The van der Waals surface area contributed by atoms with Crippen molar-refractivity contribution in [2.24, 2.45) is 5.41 Å². The van der Waals surface area contributed by atoms with Crippen LogP contribution >= 0.6 is 0 Å². The Morgan fingerprint density at radius 2 is 1.73 bits per heavy atom. The number of hydrogen-bond acceptors (Lipinski definition) is 6. The molecule has 0 aliphatic carbocycles. The summed E-state index contributed by atoms with van der Waals surface area (Å²) in [5.41, 5.74) is 5.29. The van der Waals surface area contributed by atoms with Gasteiger partial charge in [-0.2, -0.15) is 0 Å². The van der Waals surface area contributed by atoms with Crippen LogP contribution in [0.1, 0.15) is 64.3 Å². The largest absolute Gasteiger partial charge is 0.457 e. The van der Waals surface area contributed by atoms with Crippen molar-refractivity contribution >= 4 is 23.0 Å². The molecule has 6 rings (SSSR count). The van der Waals surface area contributed by atoms with Crippen LogP contribution < -0.4 is 4.74 Å². The van der Waals surface area contributed by atoms with E-state index in [0.29, 0.717) is 30.2 Å². The Hall–Kier alpha value is -4.40. The molecule has 1 saturated heterocycles. The summed E-state index contributed by atoms with van der Waals surface area (Å²) < 4.78 is 12.1. The molecule has 1 aromatic carbocycles. The van der Waals surface area contributed by atoms with E-state index in [4.69, 9.17) is 9.47 Å². The minimum Gasteiger partial charge on any atom is -0.457 e. The molecule has 1 fully saturated rings. The Kier molecular flexibility index (Phi) is 7.82. The highest BCUT2D eigenvalue weighted by Gasteiger charge is 2.28. The number of piperidine rings is 1. The van der Waals surface area contributed by atoms with Crippen LogP contribution in [-0.2, 0) is 28.9 Å². The lowest BCUT2D eigenvalue weighted by molar-refractivity contribution is -0.132. The smallest absolute Gasteiger partial charge is 0.410 e. The van der Waals surface area contributed by atoms with Gasteiger partial charge >= 0.3 is 6.09 Å². The van der Waals surface area contributed by atoms with E-state index in [9.17, 15) is 9.59 Å². The predicted molar refractivity (Wildman–Crippen MR) is 169 cm³/mol. The van der Waals surface area contributed by atoms with Crippen LogP contribution in [-0.4, -0.2) is 62.0 Å². The van der Waals surface area contributed by atoms with Crippen molar-refractivity contribution in [3.05, 3.63) is 71.8 Å². The number of ether oxygens (including phenoxy) is 2. The third kappa shape index (κ3) is 6.56. The molecule has 0 atom stereocenters. The molecule has 0 saturated carbocycles. The molecule has 44 heavy (non-hydrogen) atoms. The van der Waals surface area contributed by atoms with E-state index in [1.807, 2.05) is 62.2 Å². The van der Waals surface area contributed by atoms with Crippen molar-refractivity contribution in [3.63, 3.8) is 0 Å². The fourth-order valence-electron chi connectivity index (χ4n) is 5.92. The number of aromatic nitrogens is 3. The molecule has 2 amide bonds. The molecule has 2 aliphatic rings. The van der Waals surface area contributed by atoms with Gasteiger partial charge in [-0.25, -0.2) is 9.78 Å². The maximum atomic E-state index is 13.1. The lowest BCUT2D eigenvalue weighted by Crippen LogP contribution is -2.41. The van der Waals surface area contributed by atoms with Gasteiger partial charge in [0, 0.05) is 50.3 Å². The zero-order valence-corrected chi connectivity index (χ0v) is 26.3. The summed E-state index contributed by atoms with van der Waals surface area (Å²) >= 11 is 0. The lowest BCUT2D eigenvalue weighted by Gasteiger charge is -2.36. The Labute approximate surface area is 258 Å².